The minimum Gasteiger partial charge on any atom is -0.480 e. The number of carboxylic acid groups (broad SMARTS) is 1. The van der Waals surface area contributed by atoms with Gasteiger partial charge in [0.25, 0.3) is 0 Å². The van der Waals surface area contributed by atoms with Gasteiger partial charge in [-0.1, -0.05) is 6.42 Å². The van der Waals surface area contributed by atoms with Crippen LogP contribution in [0.1, 0.15) is 141 Å². The van der Waals surface area contributed by atoms with Gasteiger partial charge in [0, 0.05) is 13.1 Å². The third-order valence-electron chi connectivity index (χ3n) is 12.3. The summed E-state index contributed by atoms with van der Waals surface area (Å²) in [5.41, 5.74) is 62.5. The summed E-state index contributed by atoms with van der Waals surface area (Å²) in [5.74, 6) is -6.82. The molecule has 0 spiro atoms. The molecule has 29 heteroatoms. The Morgan fingerprint density at radius 3 is 0.753 bits per heavy atom. The van der Waals surface area contributed by atoms with Crippen molar-refractivity contribution in [2.24, 2.45) is 73.1 Å². The third kappa shape index (κ3) is 33.7. The van der Waals surface area contributed by atoms with E-state index in [2.05, 4.69) is 47.2 Å². The molecule has 0 rings (SSSR count). The topological polar surface area (TPSA) is 552 Å². The molecule has 0 saturated carbocycles. The lowest BCUT2D eigenvalue weighted by molar-refractivity contribution is -0.142. The van der Waals surface area contributed by atoms with Crippen molar-refractivity contribution in [2.75, 3.05) is 52.4 Å². The molecule has 30 N–H and O–H groups in total. The van der Waals surface area contributed by atoms with E-state index < -0.39 is 95.7 Å². The summed E-state index contributed by atoms with van der Waals surface area (Å²) >= 11 is 0. The molecule has 0 aliphatic carbocycles. The minimum absolute atomic E-state index is 0.0439. The van der Waals surface area contributed by atoms with Crippen LogP contribution in [0.5, 0.6) is 0 Å². The summed E-state index contributed by atoms with van der Waals surface area (Å²) in [6, 6.07) is -9.68. The number of nitrogens with one attached hydrogen (secondary N) is 7. The summed E-state index contributed by atoms with van der Waals surface area (Å²) in [4.78, 5) is 118. The number of aliphatic imine (C=N–C) groups is 2. The fourth-order valence-electron chi connectivity index (χ4n) is 7.89. The molecule has 0 heterocycles. The van der Waals surface area contributed by atoms with E-state index in [1.807, 2.05) is 0 Å². The van der Waals surface area contributed by atoms with Gasteiger partial charge in [-0.15, -0.1) is 0 Å². The largest absolute Gasteiger partial charge is 0.480 e. The maximum absolute atomic E-state index is 14.4. The van der Waals surface area contributed by atoms with Crippen LogP contribution in [0.3, 0.4) is 0 Å². The molecule has 0 aromatic heterocycles. The van der Waals surface area contributed by atoms with Crippen molar-refractivity contribution in [2.45, 2.75) is 190 Å². The predicted octanol–water partition coefficient (Wildman–Crippen LogP) is -5.33. The number of unbranched alkanes of at least 4 members (excludes halogenated alkanes) is 6. The average molecular weight is 1100 g/mol. The Morgan fingerprint density at radius 1 is 0.312 bits per heavy atom. The van der Waals surface area contributed by atoms with E-state index in [9.17, 15) is 43.5 Å². The maximum atomic E-state index is 14.4. The highest BCUT2D eigenvalue weighted by Crippen LogP contribution is 2.12. The lowest BCUT2D eigenvalue weighted by atomic mass is 10.0. The fraction of sp³-hybridized carbons (Fsp3) is 0.792. The summed E-state index contributed by atoms with van der Waals surface area (Å²) in [6.45, 7) is 2.05. The van der Waals surface area contributed by atoms with Crippen molar-refractivity contribution < 1.29 is 43.5 Å². The Hall–Kier alpha value is -5.98. The Labute approximate surface area is 453 Å². The van der Waals surface area contributed by atoms with Crippen LogP contribution in [0.2, 0.25) is 0 Å². The molecule has 7 amide bonds. The number of nitrogens with zero attached hydrogens (tertiary/aromatic N) is 2. The van der Waals surface area contributed by atoms with Gasteiger partial charge in [-0.25, -0.2) is 4.79 Å². The van der Waals surface area contributed by atoms with Crippen LogP contribution in [0, 0.1) is 0 Å². The first kappa shape index (κ1) is 71.0. The summed E-state index contributed by atoms with van der Waals surface area (Å²) in [7, 11) is 0. The van der Waals surface area contributed by atoms with Crippen LogP contribution < -0.4 is 100 Å². The average Bonchev–Trinajstić information content (AvgIpc) is 3.38. The van der Waals surface area contributed by atoms with Gasteiger partial charge in [0.05, 0.1) is 6.04 Å². The third-order valence-corrected chi connectivity index (χ3v) is 12.3. The molecule has 0 aromatic carbocycles. The Bertz CT molecular complexity index is 1790. The van der Waals surface area contributed by atoms with E-state index >= 15 is 0 Å². The molecule has 0 fully saturated rings. The van der Waals surface area contributed by atoms with Gasteiger partial charge in [-0.3, -0.25) is 43.5 Å². The van der Waals surface area contributed by atoms with E-state index in [4.69, 9.17) is 63.1 Å². The summed E-state index contributed by atoms with van der Waals surface area (Å²) in [6.07, 6.45) is 6.92. The molecule has 29 nitrogen and oxygen atoms in total. The molecular weight excluding hydrogens is 1000 g/mol. The van der Waals surface area contributed by atoms with E-state index in [1.54, 1.807) is 0 Å². The first-order valence-electron chi connectivity index (χ1n) is 27.2. The molecular formula is C48H98N20O9. The fourth-order valence-corrected chi connectivity index (χ4v) is 7.89. The molecule has 0 aliphatic heterocycles. The molecule has 444 valence electrons. The van der Waals surface area contributed by atoms with Gasteiger partial charge in [-0.05, 0) is 174 Å². The number of carbonyl (C=O) groups is 8. The second-order valence-corrected chi connectivity index (χ2v) is 19.0. The number of rotatable bonds is 47. The number of hydrogen-bond donors (Lipinski definition) is 19. The monoisotopic (exact) mass is 1100 g/mol. The zero-order valence-electron chi connectivity index (χ0n) is 45.3. The lowest BCUT2D eigenvalue weighted by Crippen LogP contribution is -2.60. The SMILES string of the molecule is NCCCC[C@H](NC(=O)[C@H](CCCCN)NC(=O)[C@H](CCCN=C(N)N)NC(=O)[C@H](CCCN=C(N)N)NC(=O)[C@H](CCCCN)NC(=O)[C@H](CCCCN)NC(=O)[C@H](CCCCN)NC(=O)[C@@H](N)CCCCN)C(=O)O. The standard InChI is InChI=1S/C48H98N20O9/c49-23-7-1-15-31(55)39(69)62-32(16-2-8-24-50)40(70)63-33(17-3-9-25-51)41(71)64-34(18-4-10-26-52)42(72)66-37(22-14-30-61-48(58)59)44(74)67-36(21-13-29-60-47(56)57)43(73)65-35(19-5-11-27-53)45(75)68-38(46(76)77)20-6-12-28-54/h31-38H,1-30,49-55H2,(H,62,69)(H,63,70)(H,64,71)(H,65,73)(H,66,72)(H,67,74)(H,68,75)(H,76,77)(H4,56,57,60)(H4,58,59,61)/t31-,32-,33-,34-,35-,36-,37-,38-/m0/s1. The molecule has 0 aromatic rings. The first-order chi connectivity index (χ1) is 36.8. The van der Waals surface area contributed by atoms with Gasteiger partial charge >= 0.3 is 5.97 Å². The highest BCUT2D eigenvalue weighted by atomic mass is 16.4. The number of nitrogens with two attached hydrogens (primary N) is 11. The van der Waals surface area contributed by atoms with Crippen LogP contribution >= 0.6 is 0 Å². The zero-order valence-corrected chi connectivity index (χ0v) is 45.3. The summed E-state index contributed by atoms with van der Waals surface area (Å²) in [5, 5.41) is 28.7. The second-order valence-electron chi connectivity index (χ2n) is 19.0. The van der Waals surface area contributed by atoms with Crippen molar-refractivity contribution in [3.05, 3.63) is 0 Å². The number of aliphatic carboxylic acids is 1. The van der Waals surface area contributed by atoms with Gasteiger partial charge in [-0.2, -0.15) is 0 Å². The van der Waals surface area contributed by atoms with Crippen LogP contribution in [0.4, 0.5) is 0 Å². The first-order valence-corrected chi connectivity index (χ1v) is 27.2. The van der Waals surface area contributed by atoms with Crippen LogP contribution in [0.15, 0.2) is 9.98 Å². The van der Waals surface area contributed by atoms with Gasteiger partial charge in [0.15, 0.2) is 11.9 Å². The number of carboxylic acids is 1. The lowest BCUT2D eigenvalue weighted by Gasteiger charge is -2.28. The van der Waals surface area contributed by atoms with E-state index in [1.165, 1.54) is 0 Å². The molecule has 0 saturated heterocycles. The Kier molecular flexibility index (Phi) is 40.6. The molecule has 0 radical (unpaired) electrons. The summed E-state index contributed by atoms with van der Waals surface area (Å²) < 4.78 is 0. The minimum atomic E-state index is -1.37. The Balaban J connectivity index is 7.02. The van der Waals surface area contributed by atoms with E-state index in [-0.39, 0.29) is 95.9 Å². The van der Waals surface area contributed by atoms with E-state index in [0.29, 0.717) is 110 Å². The van der Waals surface area contributed by atoms with Crippen molar-refractivity contribution in [3.8, 4) is 0 Å². The normalized spacial score (nSPS) is 14.2. The van der Waals surface area contributed by atoms with Crippen molar-refractivity contribution >= 4 is 59.2 Å². The van der Waals surface area contributed by atoms with Crippen molar-refractivity contribution in [1.29, 1.82) is 0 Å². The highest BCUT2D eigenvalue weighted by Gasteiger charge is 2.34. The molecule has 0 unspecified atom stereocenters. The van der Waals surface area contributed by atoms with Crippen molar-refractivity contribution in [3.63, 3.8) is 0 Å². The Morgan fingerprint density at radius 2 is 0.519 bits per heavy atom. The van der Waals surface area contributed by atoms with E-state index in [0.717, 1.165) is 0 Å². The highest BCUT2D eigenvalue weighted by molar-refractivity contribution is 5.97. The maximum Gasteiger partial charge on any atom is 0.326 e. The molecule has 77 heavy (non-hydrogen) atoms. The zero-order chi connectivity index (χ0) is 58.0. The smallest absolute Gasteiger partial charge is 0.326 e. The number of carbonyl (C=O) groups excluding carboxylic acids is 7. The molecule has 8 atom stereocenters. The van der Waals surface area contributed by atoms with Crippen LogP contribution in [-0.2, 0) is 38.4 Å². The number of hydrogen-bond acceptors (Lipinski definition) is 17. The number of guanidine groups is 2. The predicted molar refractivity (Wildman–Crippen MR) is 296 cm³/mol. The van der Waals surface area contributed by atoms with Gasteiger partial charge in [0.1, 0.15) is 42.3 Å². The molecule has 0 aliphatic rings. The van der Waals surface area contributed by atoms with Crippen LogP contribution in [0.25, 0.3) is 0 Å². The van der Waals surface area contributed by atoms with Crippen molar-refractivity contribution in [1.82, 2.24) is 37.2 Å². The van der Waals surface area contributed by atoms with Crippen LogP contribution in [-0.4, -0.2) is 165 Å². The van der Waals surface area contributed by atoms with Gasteiger partial charge in [0.2, 0.25) is 41.4 Å². The quantitative estimate of drug-likeness (QED) is 0.0154. The molecule has 0 bridgehead atoms. The van der Waals surface area contributed by atoms with Gasteiger partial charge < -0.3 is 105 Å². The second kappa shape index (κ2) is 44.0. The number of amides is 7.